The highest BCUT2D eigenvalue weighted by molar-refractivity contribution is 9.10. The van der Waals surface area contributed by atoms with Gasteiger partial charge in [-0.3, -0.25) is 4.79 Å². The standard InChI is InChI=1S/C17H27BrN2O/c1-5-19(6-2)11-8-12-20(7-3)17(21)15-10-9-14(4)13-16(15)18/h9-10,13H,5-8,11-12H2,1-4H3. The van der Waals surface area contributed by atoms with Gasteiger partial charge in [-0.2, -0.15) is 0 Å². The van der Waals surface area contributed by atoms with Crippen molar-refractivity contribution in [3.8, 4) is 0 Å². The van der Waals surface area contributed by atoms with Gasteiger partial charge >= 0.3 is 0 Å². The molecule has 0 aliphatic rings. The highest BCUT2D eigenvalue weighted by atomic mass is 79.9. The molecular formula is C17H27BrN2O. The Balaban J connectivity index is 2.64. The average molecular weight is 355 g/mol. The summed E-state index contributed by atoms with van der Waals surface area (Å²) in [7, 11) is 0. The number of amides is 1. The third-order valence-electron chi connectivity index (χ3n) is 3.82. The second kappa shape index (κ2) is 9.21. The van der Waals surface area contributed by atoms with Gasteiger partial charge in [0.15, 0.2) is 0 Å². The van der Waals surface area contributed by atoms with E-state index in [9.17, 15) is 4.79 Å². The monoisotopic (exact) mass is 354 g/mol. The summed E-state index contributed by atoms with van der Waals surface area (Å²) in [6.45, 7) is 13.2. The summed E-state index contributed by atoms with van der Waals surface area (Å²) >= 11 is 3.50. The van der Waals surface area contributed by atoms with Gasteiger partial charge in [-0.05, 0) is 73.5 Å². The molecule has 0 saturated heterocycles. The molecule has 0 radical (unpaired) electrons. The normalized spacial score (nSPS) is 11.0. The summed E-state index contributed by atoms with van der Waals surface area (Å²) in [6.07, 6.45) is 1.02. The predicted octanol–water partition coefficient (Wildman–Crippen LogP) is 3.95. The van der Waals surface area contributed by atoms with E-state index in [1.54, 1.807) is 0 Å². The highest BCUT2D eigenvalue weighted by Crippen LogP contribution is 2.20. The van der Waals surface area contributed by atoms with Gasteiger partial charge in [0.25, 0.3) is 5.91 Å². The molecule has 0 atom stereocenters. The fourth-order valence-corrected chi connectivity index (χ4v) is 3.06. The minimum Gasteiger partial charge on any atom is -0.339 e. The van der Waals surface area contributed by atoms with Crippen molar-refractivity contribution < 1.29 is 4.79 Å². The van der Waals surface area contributed by atoms with E-state index in [1.807, 2.05) is 36.9 Å². The first kappa shape index (κ1) is 18.2. The molecule has 0 unspecified atom stereocenters. The minimum absolute atomic E-state index is 0.115. The number of carbonyl (C=O) groups is 1. The maximum atomic E-state index is 12.6. The quantitative estimate of drug-likeness (QED) is 0.705. The lowest BCUT2D eigenvalue weighted by molar-refractivity contribution is 0.0756. The van der Waals surface area contributed by atoms with Gasteiger partial charge in [-0.15, -0.1) is 0 Å². The summed E-state index contributed by atoms with van der Waals surface area (Å²) in [5.74, 6) is 0.115. The molecular weight excluding hydrogens is 328 g/mol. The lowest BCUT2D eigenvalue weighted by Gasteiger charge is -2.24. The molecule has 0 aliphatic heterocycles. The number of hydrogen-bond donors (Lipinski definition) is 0. The van der Waals surface area contributed by atoms with Gasteiger partial charge in [0, 0.05) is 17.6 Å². The summed E-state index contributed by atoms with van der Waals surface area (Å²) in [5.41, 5.74) is 1.91. The van der Waals surface area contributed by atoms with E-state index >= 15 is 0 Å². The molecule has 4 heteroatoms. The number of benzene rings is 1. The topological polar surface area (TPSA) is 23.6 Å². The predicted molar refractivity (Wildman–Crippen MR) is 92.9 cm³/mol. The lowest BCUT2D eigenvalue weighted by Crippen LogP contribution is -2.34. The van der Waals surface area contributed by atoms with E-state index in [1.165, 1.54) is 0 Å². The Morgan fingerprint density at radius 2 is 1.76 bits per heavy atom. The molecule has 0 heterocycles. The van der Waals surface area contributed by atoms with E-state index in [4.69, 9.17) is 0 Å². The number of halogens is 1. The Labute approximate surface area is 137 Å². The van der Waals surface area contributed by atoms with Crippen molar-refractivity contribution >= 4 is 21.8 Å². The summed E-state index contributed by atoms with van der Waals surface area (Å²) in [5, 5.41) is 0. The SMILES string of the molecule is CCN(CC)CCCN(CC)C(=O)c1ccc(C)cc1Br. The van der Waals surface area contributed by atoms with Gasteiger partial charge in [0.1, 0.15) is 0 Å². The Morgan fingerprint density at radius 1 is 1.10 bits per heavy atom. The van der Waals surface area contributed by atoms with Crippen molar-refractivity contribution in [1.82, 2.24) is 9.80 Å². The zero-order valence-corrected chi connectivity index (χ0v) is 15.2. The first-order chi connectivity index (χ1) is 10.0. The van der Waals surface area contributed by atoms with E-state index in [-0.39, 0.29) is 5.91 Å². The first-order valence-electron chi connectivity index (χ1n) is 7.81. The molecule has 1 amide bonds. The zero-order valence-electron chi connectivity index (χ0n) is 13.7. The summed E-state index contributed by atoms with van der Waals surface area (Å²) in [6, 6.07) is 5.90. The van der Waals surface area contributed by atoms with Crippen LogP contribution in [0.2, 0.25) is 0 Å². The van der Waals surface area contributed by atoms with Crippen LogP contribution in [-0.2, 0) is 0 Å². The number of carbonyl (C=O) groups excluding carboxylic acids is 1. The van der Waals surface area contributed by atoms with E-state index in [2.05, 4.69) is 34.7 Å². The van der Waals surface area contributed by atoms with Crippen molar-refractivity contribution in [2.24, 2.45) is 0 Å². The van der Waals surface area contributed by atoms with Crippen molar-refractivity contribution in [3.05, 3.63) is 33.8 Å². The molecule has 0 aliphatic carbocycles. The molecule has 1 aromatic carbocycles. The molecule has 21 heavy (non-hydrogen) atoms. The average Bonchev–Trinajstić information content (AvgIpc) is 2.47. The van der Waals surface area contributed by atoms with Crippen molar-refractivity contribution in [3.63, 3.8) is 0 Å². The van der Waals surface area contributed by atoms with Crippen LogP contribution in [0.15, 0.2) is 22.7 Å². The van der Waals surface area contributed by atoms with Crippen LogP contribution in [0.4, 0.5) is 0 Å². The third kappa shape index (κ3) is 5.44. The molecule has 0 N–H and O–H groups in total. The highest BCUT2D eigenvalue weighted by Gasteiger charge is 2.16. The van der Waals surface area contributed by atoms with Gasteiger partial charge < -0.3 is 9.80 Å². The third-order valence-corrected chi connectivity index (χ3v) is 4.48. The second-order valence-corrected chi connectivity index (χ2v) is 6.10. The smallest absolute Gasteiger partial charge is 0.254 e. The molecule has 1 rings (SSSR count). The largest absolute Gasteiger partial charge is 0.339 e. The molecule has 3 nitrogen and oxygen atoms in total. The van der Waals surface area contributed by atoms with Gasteiger partial charge in [0.2, 0.25) is 0 Å². The lowest BCUT2D eigenvalue weighted by atomic mass is 10.1. The van der Waals surface area contributed by atoms with E-state index in [0.717, 1.165) is 54.7 Å². The maximum Gasteiger partial charge on any atom is 0.254 e. The first-order valence-corrected chi connectivity index (χ1v) is 8.60. The van der Waals surface area contributed by atoms with Gasteiger partial charge in [-0.1, -0.05) is 19.9 Å². The summed E-state index contributed by atoms with van der Waals surface area (Å²) in [4.78, 5) is 16.9. The van der Waals surface area contributed by atoms with Crippen molar-refractivity contribution in [2.45, 2.75) is 34.1 Å². The van der Waals surface area contributed by atoms with Gasteiger partial charge in [-0.25, -0.2) is 0 Å². The summed E-state index contributed by atoms with van der Waals surface area (Å²) < 4.78 is 0.884. The Bertz CT molecular complexity index is 458. The van der Waals surface area contributed by atoms with Crippen LogP contribution in [0.3, 0.4) is 0 Å². The molecule has 0 spiro atoms. The van der Waals surface area contributed by atoms with Crippen LogP contribution in [0.25, 0.3) is 0 Å². The fourth-order valence-electron chi connectivity index (χ4n) is 2.39. The zero-order chi connectivity index (χ0) is 15.8. The number of hydrogen-bond acceptors (Lipinski definition) is 2. The Hall–Kier alpha value is -0.870. The van der Waals surface area contributed by atoms with Crippen LogP contribution in [-0.4, -0.2) is 48.4 Å². The van der Waals surface area contributed by atoms with Crippen molar-refractivity contribution in [1.29, 1.82) is 0 Å². The van der Waals surface area contributed by atoms with E-state index < -0.39 is 0 Å². The van der Waals surface area contributed by atoms with Crippen LogP contribution in [0, 0.1) is 6.92 Å². The van der Waals surface area contributed by atoms with E-state index in [0.29, 0.717) is 0 Å². The maximum absolute atomic E-state index is 12.6. The Morgan fingerprint density at radius 3 is 2.29 bits per heavy atom. The molecule has 118 valence electrons. The van der Waals surface area contributed by atoms with Gasteiger partial charge in [0.05, 0.1) is 5.56 Å². The molecule has 0 bridgehead atoms. The molecule has 1 aromatic rings. The second-order valence-electron chi connectivity index (χ2n) is 5.25. The fraction of sp³-hybridized carbons (Fsp3) is 0.588. The number of nitrogens with zero attached hydrogens (tertiary/aromatic N) is 2. The minimum atomic E-state index is 0.115. The van der Waals surface area contributed by atoms with Crippen LogP contribution >= 0.6 is 15.9 Å². The van der Waals surface area contributed by atoms with Crippen LogP contribution in [0.5, 0.6) is 0 Å². The number of rotatable bonds is 8. The van der Waals surface area contributed by atoms with Crippen LogP contribution < -0.4 is 0 Å². The Kier molecular flexibility index (Phi) is 7.97. The number of aryl methyl sites for hydroxylation is 1. The molecule has 0 saturated carbocycles. The van der Waals surface area contributed by atoms with Crippen LogP contribution in [0.1, 0.15) is 43.1 Å². The molecule has 0 aromatic heterocycles. The molecule has 0 fully saturated rings. The van der Waals surface area contributed by atoms with Crippen molar-refractivity contribution in [2.75, 3.05) is 32.7 Å².